The van der Waals surface area contributed by atoms with Crippen LogP contribution in [0.15, 0.2) is 24.3 Å². The van der Waals surface area contributed by atoms with Crippen LogP contribution in [0.5, 0.6) is 0 Å². The molecule has 2 fully saturated rings. The number of piperidine rings is 1. The molecule has 0 bridgehead atoms. The van der Waals surface area contributed by atoms with Crippen LogP contribution in [-0.2, 0) is 0 Å². The maximum atomic E-state index is 13.2. The molecule has 1 spiro atoms. The first-order valence-corrected chi connectivity index (χ1v) is 9.31. The Bertz CT molecular complexity index is 817. The van der Waals surface area contributed by atoms with Gasteiger partial charge in [0, 0.05) is 19.6 Å². The highest BCUT2D eigenvalue weighted by Gasteiger charge is 2.38. The molecule has 1 N–H and O–H groups in total. The zero-order valence-corrected chi connectivity index (χ0v) is 16.6. The first-order chi connectivity index (χ1) is 12.5. The van der Waals surface area contributed by atoms with Gasteiger partial charge in [-0.1, -0.05) is 0 Å². The highest BCUT2D eigenvalue weighted by Crippen LogP contribution is 2.37. The van der Waals surface area contributed by atoms with Crippen LogP contribution in [0, 0.1) is 25.1 Å². The number of halogens is 2. The molecule has 5 nitrogen and oxygen atoms in total. The summed E-state index contributed by atoms with van der Waals surface area (Å²) in [6.07, 6.45) is 3.35. The molecule has 0 unspecified atom stereocenters. The molecule has 1 aromatic carbocycles. The number of nitrogens with zero attached hydrogens (tertiary/aromatic N) is 3. The molecule has 2 aliphatic rings. The van der Waals surface area contributed by atoms with Gasteiger partial charge >= 0.3 is 0 Å². The number of carbonyl (C=O) groups is 1. The predicted octanol–water partition coefficient (Wildman–Crippen LogP) is 3.27. The number of hydrogen-bond donors (Lipinski definition) is 1. The number of amides is 1. The van der Waals surface area contributed by atoms with Gasteiger partial charge in [0.05, 0.1) is 22.6 Å². The van der Waals surface area contributed by atoms with E-state index >= 15 is 0 Å². The Morgan fingerprint density at radius 1 is 1.15 bits per heavy atom. The summed E-state index contributed by atoms with van der Waals surface area (Å²) >= 11 is 0. The van der Waals surface area contributed by atoms with E-state index in [1.807, 2.05) is 18.7 Å². The predicted molar refractivity (Wildman–Crippen MR) is 105 cm³/mol. The summed E-state index contributed by atoms with van der Waals surface area (Å²) in [5.41, 5.74) is 3.36. The van der Waals surface area contributed by atoms with E-state index in [1.54, 1.807) is 16.8 Å². The van der Waals surface area contributed by atoms with Crippen molar-refractivity contribution in [3.8, 4) is 5.69 Å². The minimum atomic E-state index is -0.282. The maximum absolute atomic E-state index is 13.2. The van der Waals surface area contributed by atoms with E-state index in [9.17, 15) is 9.18 Å². The van der Waals surface area contributed by atoms with Crippen molar-refractivity contribution in [1.82, 2.24) is 20.0 Å². The minimum absolute atomic E-state index is 0. The quantitative estimate of drug-likeness (QED) is 0.853. The van der Waals surface area contributed by atoms with Crippen molar-refractivity contribution in [2.24, 2.45) is 5.41 Å². The highest BCUT2D eigenvalue weighted by molar-refractivity contribution is 5.96. The summed E-state index contributed by atoms with van der Waals surface area (Å²) in [5.74, 6) is -0.218. The normalized spacial score (nSPS) is 18.6. The minimum Gasteiger partial charge on any atom is -0.338 e. The zero-order chi connectivity index (χ0) is 18.3. The van der Waals surface area contributed by atoms with Crippen LogP contribution in [-0.4, -0.2) is 46.8 Å². The summed E-state index contributed by atoms with van der Waals surface area (Å²) in [6.45, 7) is 7.56. The lowest BCUT2D eigenvalue weighted by Crippen LogP contribution is -2.44. The van der Waals surface area contributed by atoms with E-state index in [0.717, 1.165) is 56.1 Å². The Kier molecular flexibility index (Phi) is 5.58. The summed E-state index contributed by atoms with van der Waals surface area (Å²) < 4.78 is 14.9. The average Bonchev–Trinajstić information content (AvgIpc) is 3.20. The van der Waals surface area contributed by atoms with Crippen LogP contribution in [0.3, 0.4) is 0 Å². The molecule has 1 amide bonds. The second kappa shape index (κ2) is 7.60. The van der Waals surface area contributed by atoms with Crippen molar-refractivity contribution in [3.05, 3.63) is 47.0 Å². The van der Waals surface area contributed by atoms with Crippen LogP contribution in [0.25, 0.3) is 5.69 Å². The topological polar surface area (TPSA) is 50.2 Å². The van der Waals surface area contributed by atoms with Crippen molar-refractivity contribution < 1.29 is 9.18 Å². The number of nitrogens with one attached hydrogen (secondary N) is 1. The van der Waals surface area contributed by atoms with E-state index in [1.165, 1.54) is 18.6 Å². The van der Waals surface area contributed by atoms with Crippen molar-refractivity contribution >= 4 is 18.3 Å². The van der Waals surface area contributed by atoms with Gasteiger partial charge in [-0.2, -0.15) is 5.10 Å². The van der Waals surface area contributed by atoms with Crippen molar-refractivity contribution in [2.75, 3.05) is 26.2 Å². The fraction of sp³-hybridized carbons (Fsp3) is 0.500. The van der Waals surface area contributed by atoms with Crippen LogP contribution >= 0.6 is 12.4 Å². The largest absolute Gasteiger partial charge is 0.338 e. The standard InChI is InChI=1S/C20H25FN4O.ClH/c1-14-18(15(2)25(23-14)17-5-3-16(21)4-6-17)19(26)24-11-8-20(9-12-24)7-10-22-13-20;/h3-6,22H,7-13H2,1-2H3;1H. The van der Waals surface area contributed by atoms with Crippen molar-refractivity contribution in [3.63, 3.8) is 0 Å². The Morgan fingerprint density at radius 3 is 2.41 bits per heavy atom. The molecular weight excluding hydrogens is 367 g/mol. The summed E-state index contributed by atoms with van der Waals surface area (Å²) in [6, 6.07) is 6.18. The second-order valence-electron chi connectivity index (χ2n) is 7.65. The molecule has 1 aromatic heterocycles. The number of likely N-dealkylation sites (tertiary alicyclic amines) is 1. The van der Waals surface area contributed by atoms with Gasteiger partial charge in [0.2, 0.25) is 0 Å². The molecule has 27 heavy (non-hydrogen) atoms. The number of hydrogen-bond acceptors (Lipinski definition) is 3. The van der Waals surface area contributed by atoms with E-state index in [0.29, 0.717) is 11.0 Å². The van der Waals surface area contributed by atoms with Gasteiger partial charge in [-0.05, 0) is 69.3 Å². The first kappa shape index (κ1) is 19.8. The molecule has 0 radical (unpaired) electrons. The molecule has 3 heterocycles. The highest BCUT2D eigenvalue weighted by atomic mass is 35.5. The Hall–Kier alpha value is -1.92. The molecule has 2 aliphatic heterocycles. The van der Waals surface area contributed by atoms with Gasteiger partial charge in [-0.15, -0.1) is 12.4 Å². The third kappa shape index (κ3) is 3.60. The lowest BCUT2D eigenvalue weighted by Gasteiger charge is -2.38. The third-order valence-electron chi connectivity index (χ3n) is 6.02. The fourth-order valence-electron chi connectivity index (χ4n) is 4.35. The summed E-state index contributed by atoms with van der Waals surface area (Å²) in [4.78, 5) is 15.1. The van der Waals surface area contributed by atoms with E-state index in [2.05, 4.69) is 10.4 Å². The van der Waals surface area contributed by atoms with Crippen LogP contribution in [0.4, 0.5) is 4.39 Å². The van der Waals surface area contributed by atoms with E-state index < -0.39 is 0 Å². The summed E-state index contributed by atoms with van der Waals surface area (Å²) in [5, 5.41) is 7.99. The van der Waals surface area contributed by atoms with Gasteiger partial charge in [0.25, 0.3) is 5.91 Å². The molecule has 0 atom stereocenters. The van der Waals surface area contributed by atoms with E-state index in [4.69, 9.17) is 0 Å². The molecule has 0 saturated carbocycles. The number of carbonyl (C=O) groups excluding carboxylic acids is 1. The monoisotopic (exact) mass is 392 g/mol. The Balaban J connectivity index is 0.00000210. The second-order valence-corrected chi connectivity index (χ2v) is 7.65. The lowest BCUT2D eigenvalue weighted by molar-refractivity contribution is 0.0606. The molecule has 2 aromatic rings. The van der Waals surface area contributed by atoms with Crippen LogP contribution < -0.4 is 5.32 Å². The third-order valence-corrected chi connectivity index (χ3v) is 6.02. The average molecular weight is 393 g/mol. The number of rotatable bonds is 2. The SMILES string of the molecule is Cc1nn(-c2ccc(F)cc2)c(C)c1C(=O)N1CCC2(CCNC2)CC1.Cl. The molecule has 2 saturated heterocycles. The number of aromatic nitrogens is 2. The molecule has 4 rings (SSSR count). The number of benzene rings is 1. The van der Waals surface area contributed by atoms with Crippen LogP contribution in [0.2, 0.25) is 0 Å². The number of aryl methyl sites for hydroxylation is 1. The summed E-state index contributed by atoms with van der Waals surface area (Å²) in [7, 11) is 0. The van der Waals surface area contributed by atoms with Gasteiger partial charge in [-0.25, -0.2) is 9.07 Å². The Morgan fingerprint density at radius 2 is 1.81 bits per heavy atom. The first-order valence-electron chi connectivity index (χ1n) is 9.31. The fourth-order valence-corrected chi connectivity index (χ4v) is 4.35. The smallest absolute Gasteiger partial charge is 0.257 e. The molecule has 146 valence electrons. The molecule has 7 heteroatoms. The van der Waals surface area contributed by atoms with Gasteiger partial charge in [0.15, 0.2) is 0 Å². The Labute approximate surface area is 165 Å². The van der Waals surface area contributed by atoms with Gasteiger partial charge in [-0.3, -0.25) is 4.79 Å². The van der Waals surface area contributed by atoms with Crippen LogP contribution in [0.1, 0.15) is 41.0 Å². The van der Waals surface area contributed by atoms with E-state index in [-0.39, 0.29) is 24.1 Å². The molecule has 0 aliphatic carbocycles. The lowest BCUT2D eigenvalue weighted by atomic mass is 9.78. The van der Waals surface area contributed by atoms with Gasteiger partial charge < -0.3 is 10.2 Å². The maximum Gasteiger partial charge on any atom is 0.257 e. The molecular formula is C20H26ClFN4O. The van der Waals surface area contributed by atoms with Crippen molar-refractivity contribution in [1.29, 1.82) is 0 Å². The van der Waals surface area contributed by atoms with Gasteiger partial charge in [0.1, 0.15) is 5.82 Å². The zero-order valence-electron chi connectivity index (χ0n) is 15.8. The van der Waals surface area contributed by atoms with Crippen molar-refractivity contribution in [2.45, 2.75) is 33.1 Å².